The normalized spacial score (nSPS) is 18.1. The molecule has 31 heavy (non-hydrogen) atoms. The number of hydrogen-bond donors (Lipinski definition) is 2. The van der Waals surface area contributed by atoms with Crippen molar-refractivity contribution in [3.8, 4) is 11.5 Å². The van der Waals surface area contributed by atoms with Crippen molar-refractivity contribution in [2.45, 2.75) is 12.5 Å². The SMILES string of the molecule is COc1ccc(Cl)c(/C(O)=C2\C(=O)C(=O)N(CCCN(C)C)C2c2cccc(O)c2)c1. The van der Waals surface area contributed by atoms with Crippen LogP contribution in [0.2, 0.25) is 5.02 Å². The number of phenolic OH excluding ortho intramolecular Hbond substituents is 1. The average molecular weight is 445 g/mol. The molecule has 164 valence electrons. The van der Waals surface area contributed by atoms with Crippen molar-refractivity contribution in [3.05, 3.63) is 64.2 Å². The number of ketones is 1. The van der Waals surface area contributed by atoms with Crippen LogP contribution in [-0.4, -0.2) is 66.0 Å². The number of ether oxygens (including phenoxy) is 1. The van der Waals surface area contributed by atoms with Crippen molar-refractivity contribution in [3.63, 3.8) is 0 Å². The quantitative estimate of drug-likeness (QED) is 0.386. The Labute approximate surface area is 186 Å². The first-order valence-electron chi connectivity index (χ1n) is 9.80. The molecule has 3 rings (SSSR count). The van der Waals surface area contributed by atoms with Crippen LogP contribution in [0.3, 0.4) is 0 Å². The number of methoxy groups -OCH3 is 1. The van der Waals surface area contributed by atoms with E-state index in [9.17, 15) is 19.8 Å². The third-order valence-corrected chi connectivity index (χ3v) is 5.49. The zero-order valence-corrected chi connectivity index (χ0v) is 18.4. The fourth-order valence-corrected chi connectivity index (χ4v) is 3.87. The van der Waals surface area contributed by atoms with Gasteiger partial charge in [-0.1, -0.05) is 23.7 Å². The third kappa shape index (κ3) is 4.68. The predicted molar refractivity (Wildman–Crippen MR) is 118 cm³/mol. The Morgan fingerprint density at radius 3 is 2.58 bits per heavy atom. The molecule has 1 atom stereocenters. The van der Waals surface area contributed by atoms with Gasteiger partial charge < -0.3 is 24.7 Å². The zero-order chi connectivity index (χ0) is 22.7. The average Bonchev–Trinajstić information content (AvgIpc) is 2.98. The number of phenols is 1. The highest BCUT2D eigenvalue weighted by Gasteiger charge is 2.46. The van der Waals surface area contributed by atoms with E-state index in [0.717, 1.165) is 6.54 Å². The summed E-state index contributed by atoms with van der Waals surface area (Å²) >= 11 is 6.28. The largest absolute Gasteiger partial charge is 0.508 e. The number of nitrogens with zero attached hydrogens (tertiary/aromatic N) is 2. The van der Waals surface area contributed by atoms with Gasteiger partial charge in [0.05, 0.1) is 23.7 Å². The first-order chi connectivity index (χ1) is 14.7. The molecular weight excluding hydrogens is 420 g/mol. The summed E-state index contributed by atoms with van der Waals surface area (Å²) in [5, 5.41) is 21.3. The van der Waals surface area contributed by atoms with Gasteiger partial charge in [-0.15, -0.1) is 0 Å². The number of rotatable bonds is 7. The Morgan fingerprint density at radius 1 is 1.19 bits per heavy atom. The highest BCUT2D eigenvalue weighted by molar-refractivity contribution is 6.47. The van der Waals surface area contributed by atoms with Crippen LogP contribution in [-0.2, 0) is 9.59 Å². The molecule has 1 heterocycles. The van der Waals surface area contributed by atoms with Gasteiger partial charge in [0.1, 0.15) is 17.3 Å². The van der Waals surface area contributed by atoms with E-state index in [4.69, 9.17) is 16.3 Å². The summed E-state index contributed by atoms with van der Waals surface area (Å²) in [6.07, 6.45) is 0.634. The van der Waals surface area contributed by atoms with Gasteiger partial charge in [0.15, 0.2) is 0 Å². The van der Waals surface area contributed by atoms with E-state index >= 15 is 0 Å². The number of likely N-dealkylation sites (tertiary alicyclic amines) is 1. The van der Waals surface area contributed by atoms with Crippen molar-refractivity contribution in [2.75, 3.05) is 34.3 Å². The monoisotopic (exact) mass is 444 g/mol. The number of aliphatic hydroxyl groups excluding tert-OH is 1. The maximum absolute atomic E-state index is 13.0. The van der Waals surface area contributed by atoms with E-state index in [0.29, 0.717) is 24.3 Å². The molecule has 0 aliphatic carbocycles. The van der Waals surface area contributed by atoms with Gasteiger partial charge in [-0.3, -0.25) is 9.59 Å². The molecule has 8 heteroatoms. The molecule has 0 radical (unpaired) electrons. The second kappa shape index (κ2) is 9.41. The fourth-order valence-electron chi connectivity index (χ4n) is 3.67. The molecule has 1 fully saturated rings. The molecule has 2 aromatic rings. The maximum atomic E-state index is 13.0. The summed E-state index contributed by atoms with van der Waals surface area (Å²) in [6, 6.07) is 10.2. The number of carbonyl (C=O) groups excluding carboxylic acids is 2. The van der Waals surface area contributed by atoms with Crippen LogP contribution in [0.4, 0.5) is 0 Å². The topological polar surface area (TPSA) is 90.3 Å². The Balaban J connectivity index is 2.15. The second-order valence-corrected chi connectivity index (χ2v) is 8.00. The zero-order valence-electron chi connectivity index (χ0n) is 17.6. The van der Waals surface area contributed by atoms with E-state index in [-0.39, 0.29) is 27.7 Å². The van der Waals surface area contributed by atoms with Crippen molar-refractivity contribution >= 4 is 29.1 Å². The molecule has 7 nitrogen and oxygen atoms in total. The van der Waals surface area contributed by atoms with Crippen LogP contribution in [0.5, 0.6) is 11.5 Å². The van der Waals surface area contributed by atoms with Crippen molar-refractivity contribution in [2.24, 2.45) is 0 Å². The lowest BCUT2D eigenvalue weighted by atomic mass is 9.95. The first kappa shape index (κ1) is 22.7. The molecule has 1 aliphatic rings. The summed E-state index contributed by atoms with van der Waals surface area (Å²) in [5.74, 6) is -1.44. The van der Waals surface area contributed by atoms with E-state index < -0.39 is 17.7 Å². The van der Waals surface area contributed by atoms with Gasteiger partial charge in [0, 0.05) is 12.1 Å². The molecule has 0 bridgehead atoms. The Bertz CT molecular complexity index is 1030. The number of carbonyl (C=O) groups is 2. The van der Waals surface area contributed by atoms with Gasteiger partial charge in [-0.05, 0) is 63.0 Å². The van der Waals surface area contributed by atoms with Crippen LogP contribution in [0.15, 0.2) is 48.0 Å². The van der Waals surface area contributed by atoms with Crippen molar-refractivity contribution < 1.29 is 24.5 Å². The van der Waals surface area contributed by atoms with Gasteiger partial charge in [-0.25, -0.2) is 0 Å². The Hall–Kier alpha value is -3.03. The molecule has 0 saturated carbocycles. The molecule has 1 saturated heterocycles. The number of hydrogen-bond acceptors (Lipinski definition) is 6. The highest BCUT2D eigenvalue weighted by Crippen LogP contribution is 2.41. The van der Waals surface area contributed by atoms with Crippen molar-refractivity contribution in [1.82, 2.24) is 9.80 Å². The van der Waals surface area contributed by atoms with Gasteiger partial charge >= 0.3 is 0 Å². The van der Waals surface area contributed by atoms with Crippen LogP contribution < -0.4 is 4.74 Å². The molecule has 1 unspecified atom stereocenters. The smallest absolute Gasteiger partial charge is 0.295 e. The fraction of sp³-hybridized carbons (Fsp3) is 0.304. The molecular formula is C23H25ClN2O5. The van der Waals surface area contributed by atoms with Gasteiger partial charge in [-0.2, -0.15) is 0 Å². The summed E-state index contributed by atoms with van der Waals surface area (Å²) in [7, 11) is 5.32. The summed E-state index contributed by atoms with van der Waals surface area (Å²) in [5.41, 5.74) is 0.637. The molecule has 2 aromatic carbocycles. The highest BCUT2D eigenvalue weighted by atomic mass is 35.5. The minimum Gasteiger partial charge on any atom is -0.508 e. The minimum atomic E-state index is -0.850. The number of aromatic hydroxyl groups is 1. The molecule has 0 spiro atoms. The van der Waals surface area contributed by atoms with Crippen LogP contribution in [0.25, 0.3) is 5.76 Å². The molecule has 0 aromatic heterocycles. The summed E-state index contributed by atoms with van der Waals surface area (Å²) in [6.45, 7) is 1.03. The lowest BCUT2D eigenvalue weighted by Crippen LogP contribution is -2.32. The molecule has 1 amide bonds. The molecule has 2 N–H and O–H groups in total. The van der Waals surface area contributed by atoms with E-state index in [1.54, 1.807) is 24.3 Å². The number of Topliss-reactive ketones (excluding diaryl/α,β-unsaturated/α-hetero) is 1. The lowest BCUT2D eigenvalue weighted by molar-refractivity contribution is -0.139. The van der Waals surface area contributed by atoms with Crippen LogP contribution in [0.1, 0.15) is 23.6 Å². The van der Waals surface area contributed by atoms with E-state index in [1.165, 1.54) is 30.2 Å². The Morgan fingerprint density at radius 2 is 1.94 bits per heavy atom. The maximum Gasteiger partial charge on any atom is 0.295 e. The second-order valence-electron chi connectivity index (χ2n) is 7.59. The van der Waals surface area contributed by atoms with Gasteiger partial charge in [0.2, 0.25) is 0 Å². The number of aliphatic hydroxyl groups is 1. The molecule has 1 aliphatic heterocycles. The number of amides is 1. The number of halogens is 1. The standard InChI is InChI=1S/C23H25ClN2O5/c1-25(2)10-5-11-26-20(14-6-4-7-15(27)12-14)19(22(29)23(26)30)21(28)17-13-16(31-3)8-9-18(17)24/h4,6-9,12-13,20,27-28H,5,10-11H2,1-3H3/b21-19+. The van der Waals surface area contributed by atoms with Crippen molar-refractivity contribution in [1.29, 1.82) is 0 Å². The van der Waals surface area contributed by atoms with E-state index in [2.05, 4.69) is 0 Å². The summed E-state index contributed by atoms with van der Waals surface area (Å²) < 4.78 is 5.20. The minimum absolute atomic E-state index is 0.00390. The van der Waals surface area contributed by atoms with Gasteiger partial charge in [0.25, 0.3) is 11.7 Å². The van der Waals surface area contributed by atoms with Crippen LogP contribution in [0, 0.1) is 0 Å². The summed E-state index contributed by atoms with van der Waals surface area (Å²) in [4.78, 5) is 29.3. The predicted octanol–water partition coefficient (Wildman–Crippen LogP) is 3.43. The lowest BCUT2D eigenvalue weighted by Gasteiger charge is -2.26. The first-order valence-corrected chi connectivity index (χ1v) is 10.2. The van der Waals surface area contributed by atoms with Crippen LogP contribution >= 0.6 is 11.6 Å². The Kier molecular flexibility index (Phi) is 6.87. The third-order valence-electron chi connectivity index (χ3n) is 5.16. The van der Waals surface area contributed by atoms with E-state index in [1.807, 2.05) is 19.0 Å². The number of benzene rings is 2.